The molecule has 0 radical (unpaired) electrons. The highest BCUT2D eigenvalue weighted by atomic mass is 16.2. The van der Waals surface area contributed by atoms with Gasteiger partial charge in [-0.15, -0.1) is 0 Å². The molecule has 124 valence electrons. The Hall–Kier alpha value is -0.570. The third kappa shape index (κ3) is 1.87. The number of nitrogens with zero attached hydrogens (tertiary/aromatic N) is 1. The molecule has 1 aliphatic heterocycles. The molecule has 0 spiro atoms. The highest BCUT2D eigenvalue weighted by molar-refractivity contribution is 5.77. The summed E-state index contributed by atoms with van der Waals surface area (Å²) in [5, 5.41) is 0. The van der Waals surface area contributed by atoms with Gasteiger partial charge in [-0.1, -0.05) is 13.8 Å². The molecule has 3 nitrogen and oxygen atoms in total. The molecule has 4 aliphatic rings. The zero-order valence-electron chi connectivity index (χ0n) is 14.5. The van der Waals surface area contributed by atoms with Crippen LogP contribution in [0.1, 0.15) is 65.2 Å². The van der Waals surface area contributed by atoms with Gasteiger partial charge in [0.25, 0.3) is 0 Å². The summed E-state index contributed by atoms with van der Waals surface area (Å²) < 4.78 is 0. The van der Waals surface area contributed by atoms with Crippen LogP contribution < -0.4 is 5.73 Å². The highest BCUT2D eigenvalue weighted by Crippen LogP contribution is 2.64. The minimum absolute atomic E-state index is 0.347. The van der Waals surface area contributed by atoms with Gasteiger partial charge >= 0.3 is 0 Å². The molecule has 0 aromatic rings. The lowest BCUT2D eigenvalue weighted by Crippen LogP contribution is -2.61. The van der Waals surface area contributed by atoms with Crippen molar-refractivity contribution in [1.29, 1.82) is 0 Å². The van der Waals surface area contributed by atoms with Crippen molar-refractivity contribution in [1.82, 2.24) is 4.90 Å². The molecule has 3 heteroatoms. The number of hydrogen-bond acceptors (Lipinski definition) is 2. The van der Waals surface area contributed by atoms with E-state index in [2.05, 4.69) is 18.7 Å². The van der Waals surface area contributed by atoms with Crippen LogP contribution in [-0.2, 0) is 4.79 Å². The first-order valence-corrected chi connectivity index (χ1v) is 9.36. The standard InChI is InChI=1S/C19H32N2O/c1-18-8-6-14-13(15(18)10-12(20)11-18)4-5-16-19(14,2)9-7-17(22)21(16)3/h12-16H,4-11,20H2,1-3H3/t12-,13+,14-,15-,16+,18+,19+/m0/s1. The van der Waals surface area contributed by atoms with Crippen LogP contribution in [0.5, 0.6) is 0 Å². The van der Waals surface area contributed by atoms with Crippen molar-refractivity contribution in [2.45, 2.75) is 77.3 Å². The fourth-order valence-corrected chi connectivity index (χ4v) is 7.27. The summed E-state index contributed by atoms with van der Waals surface area (Å²) in [4.78, 5) is 14.2. The molecule has 1 heterocycles. The second-order valence-electron chi connectivity index (χ2n) is 9.37. The monoisotopic (exact) mass is 304 g/mol. The molecule has 0 aromatic carbocycles. The smallest absolute Gasteiger partial charge is 0.222 e. The lowest BCUT2D eigenvalue weighted by molar-refractivity contribution is -0.156. The van der Waals surface area contributed by atoms with Crippen LogP contribution in [-0.4, -0.2) is 29.9 Å². The molecule has 7 atom stereocenters. The predicted octanol–water partition coefficient (Wildman–Crippen LogP) is 3.18. The molecular formula is C19H32N2O. The summed E-state index contributed by atoms with van der Waals surface area (Å²) in [6.45, 7) is 5.00. The summed E-state index contributed by atoms with van der Waals surface area (Å²) in [7, 11) is 2.04. The second kappa shape index (κ2) is 4.72. The van der Waals surface area contributed by atoms with E-state index in [4.69, 9.17) is 5.73 Å². The Morgan fingerprint density at radius 3 is 2.68 bits per heavy atom. The van der Waals surface area contributed by atoms with Gasteiger partial charge < -0.3 is 10.6 Å². The van der Waals surface area contributed by atoms with Crippen LogP contribution in [0.25, 0.3) is 0 Å². The van der Waals surface area contributed by atoms with E-state index in [9.17, 15) is 4.79 Å². The van der Waals surface area contributed by atoms with Crippen molar-refractivity contribution in [2.24, 2.45) is 34.3 Å². The Kier molecular flexibility index (Phi) is 3.21. The quantitative estimate of drug-likeness (QED) is 0.747. The molecule has 2 N–H and O–H groups in total. The molecule has 1 amide bonds. The SMILES string of the molecule is CN1C(=O)CC[C@]2(C)[C@H]3CC[C@]4(C)C[C@@H](N)C[C@H]4[C@@H]3CC[C@@H]12. The van der Waals surface area contributed by atoms with Gasteiger partial charge in [-0.2, -0.15) is 0 Å². The first-order valence-electron chi connectivity index (χ1n) is 9.36. The number of hydrogen-bond donors (Lipinski definition) is 1. The average molecular weight is 304 g/mol. The fourth-order valence-electron chi connectivity index (χ4n) is 7.27. The summed E-state index contributed by atoms with van der Waals surface area (Å²) in [5.41, 5.74) is 7.20. The Bertz CT molecular complexity index is 492. The molecule has 0 bridgehead atoms. The molecule has 3 aliphatic carbocycles. The first-order chi connectivity index (χ1) is 10.3. The summed E-state index contributed by atoms with van der Waals surface area (Å²) in [6, 6.07) is 0.907. The molecule has 1 saturated heterocycles. The maximum atomic E-state index is 12.1. The van der Waals surface area contributed by atoms with Crippen molar-refractivity contribution < 1.29 is 4.79 Å². The number of piperidine rings is 1. The van der Waals surface area contributed by atoms with Crippen molar-refractivity contribution in [3.05, 3.63) is 0 Å². The predicted molar refractivity (Wildman–Crippen MR) is 88.2 cm³/mol. The number of carbonyl (C=O) groups excluding carboxylic acids is 1. The fraction of sp³-hybridized carbons (Fsp3) is 0.947. The van der Waals surface area contributed by atoms with Gasteiger partial charge in [0.1, 0.15) is 0 Å². The maximum Gasteiger partial charge on any atom is 0.222 e. The number of carbonyl (C=O) groups is 1. The third-order valence-electron chi connectivity index (χ3n) is 8.36. The van der Waals surface area contributed by atoms with E-state index in [1.807, 2.05) is 7.05 Å². The zero-order chi connectivity index (χ0) is 15.7. The molecule has 4 fully saturated rings. The van der Waals surface area contributed by atoms with Gasteiger partial charge in [-0.3, -0.25) is 4.79 Å². The Morgan fingerprint density at radius 1 is 1.14 bits per heavy atom. The number of fused-ring (bicyclic) bond motifs is 5. The summed E-state index contributed by atoms with van der Waals surface area (Å²) in [6.07, 6.45) is 9.58. The molecular weight excluding hydrogens is 272 g/mol. The topological polar surface area (TPSA) is 46.3 Å². The normalized spacial score (nSPS) is 54.6. The number of amides is 1. The van der Waals surface area contributed by atoms with Gasteiger partial charge in [-0.25, -0.2) is 0 Å². The molecule has 22 heavy (non-hydrogen) atoms. The summed E-state index contributed by atoms with van der Waals surface area (Å²) >= 11 is 0. The maximum absolute atomic E-state index is 12.1. The van der Waals surface area contributed by atoms with Crippen LogP contribution in [0.3, 0.4) is 0 Å². The zero-order valence-corrected chi connectivity index (χ0v) is 14.5. The number of nitrogens with two attached hydrogens (primary N) is 1. The van der Waals surface area contributed by atoms with E-state index < -0.39 is 0 Å². The van der Waals surface area contributed by atoms with E-state index in [1.54, 1.807) is 0 Å². The van der Waals surface area contributed by atoms with Crippen LogP contribution in [0, 0.1) is 28.6 Å². The van der Waals surface area contributed by atoms with Crippen LogP contribution in [0.2, 0.25) is 0 Å². The molecule has 4 rings (SSSR count). The van der Waals surface area contributed by atoms with Gasteiger partial charge in [0.05, 0.1) is 0 Å². The summed E-state index contributed by atoms with van der Waals surface area (Å²) in [5.74, 6) is 2.87. The largest absolute Gasteiger partial charge is 0.342 e. The number of likely N-dealkylation sites (tertiary alicyclic amines) is 1. The molecule has 0 unspecified atom stereocenters. The third-order valence-corrected chi connectivity index (χ3v) is 8.36. The Morgan fingerprint density at radius 2 is 1.91 bits per heavy atom. The lowest BCUT2D eigenvalue weighted by atomic mass is 9.47. The molecule has 0 aromatic heterocycles. The Labute approximate surface area is 135 Å². The minimum atomic E-state index is 0.347. The van der Waals surface area contributed by atoms with Crippen LogP contribution in [0.4, 0.5) is 0 Å². The van der Waals surface area contributed by atoms with Gasteiger partial charge in [-0.05, 0) is 73.5 Å². The van der Waals surface area contributed by atoms with Crippen LogP contribution >= 0.6 is 0 Å². The van der Waals surface area contributed by atoms with Gasteiger partial charge in [0.15, 0.2) is 0 Å². The second-order valence-corrected chi connectivity index (χ2v) is 9.37. The van der Waals surface area contributed by atoms with Crippen molar-refractivity contribution >= 4 is 5.91 Å². The van der Waals surface area contributed by atoms with E-state index in [-0.39, 0.29) is 0 Å². The number of rotatable bonds is 0. The lowest BCUT2D eigenvalue weighted by Gasteiger charge is -2.61. The van der Waals surface area contributed by atoms with Crippen LogP contribution in [0.15, 0.2) is 0 Å². The minimum Gasteiger partial charge on any atom is -0.342 e. The Balaban J connectivity index is 1.65. The average Bonchev–Trinajstić information content (AvgIpc) is 2.78. The van der Waals surface area contributed by atoms with Crippen molar-refractivity contribution in [2.75, 3.05) is 7.05 Å². The highest BCUT2D eigenvalue weighted by Gasteiger charge is 2.59. The van der Waals surface area contributed by atoms with Crippen molar-refractivity contribution in [3.63, 3.8) is 0 Å². The van der Waals surface area contributed by atoms with Gasteiger partial charge in [0, 0.05) is 25.6 Å². The van der Waals surface area contributed by atoms with E-state index in [0.29, 0.717) is 28.8 Å². The van der Waals surface area contributed by atoms with E-state index in [0.717, 1.165) is 30.6 Å². The molecule has 3 saturated carbocycles. The van der Waals surface area contributed by atoms with Crippen molar-refractivity contribution in [3.8, 4) is 0 Å². The first kappa shape index (κ1) is 15.0. The van der Waals surface area contributed by atoms with E-state index >= 15 is 0 Å². The van der Waals surface area contributed by atoms with E-state index in [1.165, 1.54) is 38.5 Å². The van der Waals surface area contributed by atoms with Gasteiger partial charge in [0.2, 0.25) is 5.91 Å².